The molecule has 1 aliphatic heterocycles. The number of likely N-dealkylation sites (N-methyl/N-ethyl adjacent to an activating group) is 1. The van der Waals surface area contributed by atoms with Crippen molar-refractivity contribution in [2.75, 3.05) is 38.1 Å². The highest BCUT2D eigenvalue weighted by molar-refractivity contribution is 5.80. The highest BCUT2D eigenvalue weighted by Gasteiger charge is 2.20. The van der Waals surface area contributed by atoms with E-state index in [1.165, 1.54) is 22.9 Å². The van der Waals surface area contributed by atoms with E-state index in [0.29, 0.717) is 22.8 Å². The lowest BCUT2D eigenvalue weighted by molar-refractivity contribution is 0.116. The molecule has 1 saturated heterocycles. The first kappa shape index (κ1) is 24.7. The molecule has 14 heteroatoms. The molecule has 6 rings (SSSR count). The number of piperazine rings is 1. The highest BCUT2D eigenvalue weighted by Crippen LogP contribution is 2.28. The lowest BCUT2D eigenvalue weighted by Crippen LogP contribution is -2.45. The number of hydrogen-bond donors (Lipinski definition) is 0. The number of aromatic nitrogens is 6. The third kappa shape index (κ3) is 4.85. The molecule has 5 heterocycles. The van der Waals surface area contributed by atoms with Gasteiger partial charge in [0.2, 0.25) is 11.8 Å². The summed E-state index contributed by atoms with van der Waals surface area (Å²) in [6, 6.07) is 5.78. The van der Waals surface area contributed by atoms with Gasteiger partial charge in [0.05, 0.1) is 23.3 Å². The van der Waals surface area contributed by atoms with Gasteiger partial charge in [-0.25, -0.2) is 19.2 Å². The van der Waals surface area contributed by atoms with Crippen molar-refractivity contribution in [1.29, 1.82) is 0 Å². The lowest BCUT2D eigenvalue weighted by Gasteiger charge is -2.32. The van der Waals surface area contributed by atoms with Crippen LogP contribution in [0.2, 0.25) is 0 Å². The van der Waals surface area contributed by atoms with Gasteiger partial charge >= 0.3 is 12.2 Å². The summed E-state index contributed by atoms with van der Waals surface area (Å²) < 4.78 is 52.2. The van der Waals surface area contributed by atoms with Crippen LogP contribution in [0.5, 0.6) is 0 Å². The smallest absolute Gasteiger partial charge is 0.415 e. The molecule has 39 heavy (non-hydrogen) atoms. The fourth-order valence-corrected chi connectivity index (χ4v) is 4.33. The first-order chi connectivity index (χ1) is 18.9. The standard InChI is InChI=1S/C25H21F3N8O3/c1-34-4-6-35(7-5-34)24-30-11-15(12-31-24)17-8-20-19(9-18(17)26)36(25(37)38-20)13-16-3-2-14(10-29-16)22-32-33-23(39-22)21(27)28/h2-3,8-12,21H,4-7,13H2,1H3. The summed E-state index contributed by atoms with van der Waals surface area (Å²) >= 11 is 0. The maximum absolute atomic E-state index is 15.2. The number of pyridine rings is 1. The van der Waals surface area contributed by atoms with Gasteiger partial charge in [-0.15, -0.1) is 10.2 Å². The van der Waals surface area contributed by atoms with Gasteiger partial charge in [0.25, 0.3) is 5.89 Å². The van der Waals surface area contributed by atoms with Crippen molar-refractivity contribution in [3.63, 3.8) is 0 Å². The second-order valence-corrected chi connectivity index (χ2v) is 9.10. The number of benzene rings is 1. The van der Waals surface area contributed by atoms with E-state index >= 15 is 4.39 Å². The van der Waals surface area contributed by atoms with E-state index in [2.05, 4.69) is 42.0 Å². The zero-order valence-electron chi connectivity index (χ0n) is 20.6. The minimum atomic E-state index is -2.88. The van der Waals surface area contributed by atoms with E-state index < -0.39 is 23.9 Å². The van der Waals surface area contributed by atoms with E-state index in [-0.39, 0.29) is 29.1 Å². The molecule has 11 nitrogen and oxygen atoms in total. The van der Waals surface area contributed by atoms with Crippen LogP contribution in [-0.2, 0) is 6.54 Å². The molecule has 200 valence electrons. The Labute approximate surface area is 218 Å². The number of fused-ring (bicyclic) bond motifs is 1. The third-order valence-electron chi connectivity index (χ3n) is 6.51. The molecule has 0 spiro atoms. The van der Waals surface area contributed by atoms with Crippen LogP contribution in [0.4, 0.5) is 19.1 Å². The summed E-state index contributed by atoms with van der Waals surface area (Å²) in [5.41, 5.74) is 1.88. The van der Waals surface area contributed by atoms with E-state index in [4.69, 9.17) is 8.83 Å². The Balaban J connectivity index is 1.23. The second kappa shape index (κ2) is 9.94. The average Bonchev–Trinajstić information content (AvgIpc) is 3.55. The molecule has 0 atom stereocenters. The van der Waals surface area contributed by atoms with Crippen LogP contribution in [0, 0.1) is 5.82 Å². The maximum Gasteiger partial charge on any atom is 0.420 e. The van der Waals surface area contributed by atoms with Crippen molar-refractivity contribution in [2.45, 2.75) is 13.0 Å². The molecule has 0 saturated carbocycles. The summed E-state index contributed by atoms with van der Waals surface area (Å²) in [5, 5.41) is 6.87. The van der Waals surface area contributed by atoms with Crippen molar-refractivity contribution in [2.24, 2.45) is 0 Å². The minimum Gasteiger partial charge on any atom is -0.415 e. The summed E-state index contributed by atoms with van der Waals surface area (Å²) in [4.78, 5) is 30.0. The average molecular weight is 538 g/mol. The molecule has 0 unspecified atom stereocenters. The van der Waals surface area contributed by atoms with Gasteiger partial charge in [0.1, 0.15) is 5.82 Å². The number of halogens is 3. The van der Waals surface area contributed by atoms with Crippen molar-refractivity contribution in [3.05, 3.63) is 70.8 Å². The largest absolute Gasteiger partial charge is 0.420 e. The SMILES string of the molecule is CN1CCN(c2ncc(-c3cc4oc(=O)n(Cc5ccc(-c6nnc(C(F)F)o6)cn5)c4cc3F)cn2)CC1. The Morgan fingerprint density at radius 2 is 1.69 bits per heavy atom. The summed E-state index contributed by atoms with van der Waals surface area (Å²) in [6.07, 6.45) is 1.59. The van der Waals surface area contributed by atoms with Crippen LogP contribution in [0.3, 0.4) is 0 Å². The van der Waals surface area contributed by atoms with Crippen LogP contribution in [0.25, 0.3) is 33.7 Å². The molecular formula is C25H21F3N8O3. The maximum atomic E-state index is 15.2. The predicted molar refractivity (Wildman–Crippen MR) is 133 cm³/mol. The number of rotatable bonds is 6. The molecule has 4 aromatic heterocycles. The van der Waals surface area contributed by atoms with Crippen molar-refractivity contribution in [3.8, 4) is 22.6 Å². The summed E-state index contributed by atoms with van der Waals surface area (Å²) in [6.45, 7) is 3.42. The Bertz CT molecular complexity index is 1670. The van der Waals surface area contributed by atoms with Gasteiger partial charge in [0, 0.05) is 62.0 Å². The molecule has 0 bridgehead atoms. The van der Waals surface area contributed by atoms with Crippen LogP contribution in [0.1, 0.15) is 18.0 Å². The number of nitrogens with zero attached hydrogens (tertiary/aromatic N) is 8. The van der Waals surface area contributed by atoms with Gasteiger partial charge in [-0.1, -0.05) is 0 Å². The fourth-order valence-electron chi connectivity index (χ4n) is 4.33. The highest BCUT2D eigenvalue weighted by atomic mass is 19.3. The Morgan fingerprint density at radius 3 is 2.36 bits per heavy atom. The van der Waals surface area contributed by atoms with Gasteiger partial charge in [-0.3, -0.25) is 9.55 Å². The van der Waals surface area contributed by atoms with Crippen LogP contribution in [-0.4, -0.2) is 67.8 Å². The zero-order valence-corrected chi connectivity index (χ0v) is 20.6. The molecule has 0 radical (unpaired) electrons. The molecule has 1 aliphatic rings. The molecule has 1 aromatic carbocycles. The summed E-state index contributed by atoms with van der Waals surface area (Å²) in [5.74, 6) is -1.57. The molecule has 5 aromatic rings. The third-order valence-corrected chi connectivity index (χ3v) is 6.51. The number of hydrogen-bond acceptors (Lipinski definition) is 10. The first-order valence-corrected chi connectivity index (χ1v) is 12.0. The Morgan fingerprint density at radius 1 is 0.949 bits per heavy atom. The molecule has 0 aliphatic carbocycles. The topological polar surface area (TPSA) is 119 Å². The summed E-state index contributed by atoms with van der Waals surface area (Å²) in [7, 11) is 2.06. The van der Waals surface area contributed by atoms with Gasteiger partial charge in [-0.05, 0) is 25.2 Å². The van der Waals surface area contributed by atoms with E-state index in [1.54, 1.807) is 24.5 Å². The van der Waals surface area contributed by atoms with Crippen molar-refractivity contribution >= 4 is 17.0 Å². The van der Waals surface area contributed by atoms with Gasteiger partial charge < -0.3 is 18.6 Å². The zero-order chi connectivity index (χ0) is 27.1. The quantitative estimate of drug-likeness (QED) is 0.318. The van der Waals surface area contributed by atoms with Gasteiger partial charge in [0.15, 0.2) is 5.58 Å². The molecule has 0 amide bonds. The first-order valence-electron chi connectivity index (χ1n) is 12.0. The number of anilines is 1. The fraction of sp³-hybridized carbons (Fsp3) is 0.280. The second-order valence-electron chi connectivity index (χ2n) is 9.10. The van der Waals surface area contributed by atoms with Gasteiger partial charge in [-0.2, -0.15) is 8.78 Å². The molecule has 1 fully saturated rings. The van der Waals surface area contributed by atoms with Crippen LogP contribution >= 0.6 is 0 Å². The van der Waals surface area contributed by atoms with Crippen LogP contribution < -0.4 is 10.7 Å². The number of alkyl halides is 2. The number of oxazole rings is 1. The van der Waals surface area contributed by atoms with Crippen molar-refractivity contribution < 1.29 is 22.0 Å². The molecular weight excluding hydrogens is 517 g/mol. The minimum absolute atomic E-state index is 0.0140. The molecule has 0 N–H and O–H groups in total. The monoisotopic (exact) mass is 538 g/mol. The van der Waals surface area contributed by atoms with Crippen LogP contribution in [0.15, 0.2) is 56.5 Å². The van der Waals surface area contributed by atoms with E-state index in [1.807, 2.05) is 0 Å². The Hall–Kier alpha value is -4.59. The van der Waals surface area contributed by atoms with E-state index in [0.717, 1.165) is 26.2 Å². The Kier molecular flexibility index (Phi) is 6.30. The van der Waals surface area contributed by atoms with E-state index in [9.17, 15) is 13.6 Å². The van der Waals surface area contributed by atoms with Crippen molar-refractivity contribution in [1.82, 2.24) is 34.6 Å². The predicted octanol–water partition coefficient (Wildman–Crippen LogP) is 3.37. The lowest BCUT2D eigenvalue weighted by atomic mass is 10.1. The normalized spacial score (nSPS) is 14.5.